The second-order valence-electron chi connectivity index (χ2n) is 5.18. The first-order valence-corrected chi connectivity index (χ1v) is 7.99. The van der Waals surface area contributed by atoms with Gasteiger partial charge in [0.2, 0.25) is 0 Å². The summed E-state index contributed by atoms with van der Waals surface area (Å²) in [7, 11) is 1.96. The largest absolute Gasteiger partial charge is 0.327 e. The molecule has 0 aliphatic rings. The molecule has 3 heterocycles. The summed E-state index contributed by atoms with van der Waals surface area (Å²) in [5.74, 6) is 0.345. The van der Waals surface area contributed by atoms with Crippen LogP contribution < -0.4 is 5.43 Å². The van der Waals surface area contributed by atoms with Gasteiger partial charge in [-0.2, -0.15) is 10.1 Å². The quantitative estimate of drug-likeness (QED) is 0.435. The number of aromatic nitrogens is 5. The predicted octanol–water partition coefficient (Wildman–Crippen LogP) is 3.12. The summed E-state index contributed by atoms with van der Waals surface area (Å²) in [6.45, 7) is 0. The zero-order valence-electron chi connectivity index (χ0n) is 12.7. The smallest absolute Gasteiger partial charge is 0.265 e. The summed E-state index contributed by atoms with van der Waals surface area (Å²) in [4.78, 5) is 8.47. The third-order valence-corrected chi connectivity index (χ3v) is 4.14. The lowest BCUT2D eigenvalue weighted by Crippen LogP contribution is -2.00. The fourth-order valence-corrected chi connectivity index (χ4v) is 2.85. The van der Waals surface area contributed by atoms with E-state index in [9.17, 15) is 0 Å². The average Bonchev–Trinajstić information content (AvgIpc) is 2.88. The third kappa shape index (κ3) is 2.61. The molecule has 0 saturated heterocycles. The van der Waals surface area contributed by atoms with Crippen molar-refractivity contribution >= 4 is 50.2 Å². The van der Waals surface area contributed by atoms with E-state index in [1.807, 2.05) is 41.9 Å². The van der Waals surface area contributed by atoms with Gasteiger partial charge in [-0.15, -0.1) is 10.2 Å². The number of aryl methyl sites for hydroxylation is 1. The highest BCUT2D eigenvalue weighted by Gasteiger charge is 2.12. The van der Waals surface area contributed by atoms with Crippen molar-refractivity contribution in [2.24, 2.45) is 12.1 Å². The lowest BCUT2D eigenvalue weighted by molar-refractivity contribution is 0.949. The van der Waals surface area contributed by atoms with Crippen LogP contribution in [0.1, 0.15) is 5.56 Å². The Hall–Kier alpha value is -2.87. The Bertz CT molecular complexity index is 1060. The molecule has 24 heavy (non-hydrogen) atoms. The van der Waals surface area contributed by atoms with Gasteiger partial charge in [-0.1, -0.05) is 15.9 Å². The van der Waals surface area contributed by atoms with Crippen LogP contribution in [-0.2, 0) is 7.05 Å². The average molecular weight is 382 g/mol. The van der Waals surface area contributed by atoms with Crippen molar-refractivity contribution in [3.05, 3.63) is 52.8 Å². The number of anilines is 1. The molecule has 0 amide bonds. The molecule has 0 aliphatic carbocycles. The van der Waals surface area contributed by atoms with Gasteiger partial charge in [0.25, 0.3) is 5.95 Å². The van der Waals surface area contributed by atoms with E-state index in [-0.39, 0.29) is 0 Å². The van der Waals surface area contributed by atoms with Crippen molar-refractivity contribution in [1.29, 1.82) is 0 Å². The molecule has 0 atom stereocenters. The number of nitrogens with zero attached hydrogens (tertiary/aromatic N) is 6. The Morgan fingerprint density at radius 2 is 2.00 bits per heavy atom. The number of fused-ring (bicyclic) bond motifs is 3. The van der Waals surface area contributed by atoms with Crippen molar-refractivity contribution in [3.63, 3.8) is 0 Å². The van der Waals surface area contributed by atoms with Crippen LogP contribution in [0.4, 0.5) is 5.95 Å². The molecule has 1 N–H and O–H groups in total. The van der Waals surface area contributed by atoms with Gasteiger partial charge in [-0.3, -0.25) is 4.98 Å². The second kappa shape index (κ2) is 5.97. The van der Waals surface area contributed by atoms with E-state index in [0.29, 0.717) is 5.95 Å². The first-order valence-electron chi connectivity index (χ1n) is 7.20. The highest BCUT2D eigenvalue weighted by atomic mass is 79.9. The standard InChI is InChI=1S/C16H12BrN7/c1-24-13-3-2-11(17)8-12(13)14-15(24)20-16(23-21-14)22-19-9-10-4-6-18-7-5-10/h2-9H,1H3,(H,20,22,23)/b19-9+. The SMILES string of the molecule is Cn1c2ccc(Br)cc2c2nnc(N/N=C/c3ccncc3)nc21. The number of benzene rings is 1. The van der Waals surface area contributed by atoms with Crippen LogP contribution in [0.3, 0.4) is 0 Å². The summed E-state index contributed by atoms with van der Waals surface area (Å²) < 4.78 is 2.98. The van der Waals surface area contributed by atoms with Crippen molar-refractivity contribution in [1.82, 2.24) is 24.7 Å². The van der Waals surface area contributed by atoms with Gasteiger partial charge < -0.3 is 4.57 Å². The first kappa shape index (κ1) is 14.7. The minimum Gasteiger partial charge on any atom is -0.327 e. The Morgan fingerprint density at radius 1 is 1.17 bits per heavy atom. The summed E-state index contributed by atoms with van der Waals surface area (Å²) in [5.41, 5.74) is 6.30. The molecule has 0 saturated carbocycles. The fourth-order valence-electron chi connectivity index (χ4n) is 2.49. The van der Waals surface area contributed by atoms with Crippen LogP contribution in [0.25, 0.3) is 22.1 Å². The topological polar surface area (TPSA) is 80.9 Å². The summed E-state index contributed by atoms with van der Waals surface area (Å²) in [6, 6.07) is 9.75. The van der Waals surface area contributed by atoms with E-state index in [1.54, 1.807) is 18.6 Å². The molecule has 8 heteroatoms. The molecular formula is C16H12BrN7. The monoisotopic (exact) mass is 381 g/mol. The molecule has 1 aromatic carbocycles. The van der Waals surface area contributed by atoms with Gasteiger partial charge in [0, 0.05) is 29.3 Å². The van der Waals surface area contributed by atoms with Gasteiger partial charge in [-0.05, 0) is 35.9 Å². The third-order valence-electron chi connectivity index (χ3n) is 3.65. The number of nitrogens with one attached hydrogen (secondary N) is 1. The van der Waals surface area contributed by atoms with Crippen LogP contribution in [0.2, 0.25) is 0 Å². The maximum Gasteiger partial charge on any atom is 0.265 e. The van der Waals surface area contributed by atoms with Crippen molar-refractivity contribution in [3.8, 4) is 0 Å². The predicted molar refractivity (Wildman–Crippen MR) is 97.0 cm³/mol. The van der Waals surface area contributed by atoms with E-state index in [1.165, 1.54) is 0 Å². The molecule has 0 unspecified atom stereocenters. The Morgan fingerprint density at radius 3 is 2.83 bits per heavy atom. The number of hydrogen-bond donors (Lipinski definition) is 1. The Labute approximate surface area is 145 Å². The highest BCUT2D eigenvalue weighted by Crippen LogP contribution is 2.27. The van der Waals surface area contributed by atoms with E-state index >= 15 is 0 Å². The summed E-state index contributed by atoms with van der Waals surface area (Å²) in [6.07, 6.45) is 5.09. The van der Waals surface area contributed by atoms with Gasteiger partial charge in [-0.25, -0.2) is 5.43 Å². The molecule has 3 aromatic heterocycles. The number of halogens is 1. The molecule has 7 nitrogen and oxygen atoms in total. The number of pyridine rings is 1. The summed E-state index contributed by atoms with van der Waals surface area (Å²) in [5, 5.41) is 13.5. The lowest BCUT2D eigenvalue weighted by Gasteiger charge is -1.99. The molecule has 4 aromatic rings. The van der Waals surface area contributed by atoms with Crippen molar-refractivity contribution < 1.29 is 0 Å². The van der Waals surface area contributed by atoms with Crippen molar-refractivity contribution in [2.45, 2.75) is 0 Å². The minimum atomic E-state index is 0.345. The molecule has 4 rings (SSSR count). The maximum atomic E-state index is 4.51. The Balaban J connectivity index is 1.69. The zero-order valence-corrected chi connectivity index (χ0v) is 14.3. The lowest BCUT2D eigenvalue weighted by atomic mass is 10.2. The molecule has 0 aliphatic heterocycles. The van der Waals surface area contributed by atoms with E-state index in [0.717, 1.165) is 32.1 Å². The van der Waals surface area contributed by atoms with Crippen molar-refractivity contribution in [2.75, 3.05) is 5.43 Å². The van der Waals surface area contributed by atoms with Crippen LogP contribution in [0, 0.1) is 0 Å². The number of rotatable bonds is 3. The highest BCUT2D eigenvalue weighted by molar-refractivity contribution is 9.10. The van der Waals surface area contributed by atoms with E-state index in [4.69, 9.17) is 0 Å². The molecule has 0 bridgehead atoms. The number of hydrogen-bond acceptors (Lipinski definition) is 6. The fraction of sp³-hybridized carbons (Fsp3) is 0.0625. The van der Waals surface area contributed by atoms with Crippen LogP contribution in [0.5, 0.6) is 0 Å². The van der Waals surface area contributed by atoms with Crippen LogP contribution in [0.15, 0.2) is 52.3 Å². The van der Waals surface area contributed by atoms with Gasteiger partial charge in [0.15, 0.2) is 5.65 Å². The van der Waals surface area contributed by atoms with Gasteiger partial charge in [0.05, 0.1) is 11.7 Å². The maximum absolute atomic E-state index is 4.51. The molecule has 0 radical (unpaired) electrons. The molecule has 118 valence electrons. The van der Waals surface area contributed by atoms with Gasteiger partial charge >= 0.3 is 0 Å². The van der Waals surface area contributed by atoms with Gasteiger partial charge in [0.1, 0.15) is 5.52 Å². The second-order valence-corrected chi connectivity index (χ2v) is 6.09. The van der Waals surface area contributed by atoms with Crippen LogP contribution >= 0.6 is 15.9 Å². The first-order chi connectivity index (χ1) is 11.7. The molecular weight excluding hydrogens is 370 g/mol. The zero-order chi connectivity index (χ0) is 16.5. The molecule has 0 fully saturated rings. The van der Waals surface area contributed by atoms with E-state index in [2.05, 4.69) is 46.6 Å². The normalized spacial score (nSPS) is 11.6. The Kier molecular flexibility index (Phi) is 3.66. The van der Waals surface area contributed by atoms with Crippen LogP contribution in [-0.4, -0.2) is 30.9 Å². The molecule has 0 spiro atoms. The minimum absolute atomic E-state index is 0.345. The number of hydrazone groups is 1. The summed E-state index contributed by atoms with van der Waals surface area (Å²) >= 11 is 3.48. The van der Waals surface area contributed by atoms with E-state index < -0.39 is 0 Å².